The predicted molar refractivity (Wildman–Crippen MR) is 130 cm³/mol. The lowest BCUT2D eigenvalue weighted by atomic mass is 10.0. The number of nitrogens with one attached hydrogen (secondary N) is 1. The highest BCUT2D eigenvalue weighted by Gasteiger charge is 2.13. The van der Waals surface area contributed by atoms with E-state index >= 15 is 0 Å². The van der Waals surface area contributed by atoms with Gasteiger partial charge in [-0.1, -0.05) is 47.7 Å². The summed E-state index contributed by atoms with van der Waals surface area (Å²) in [5, 5.41) is 5.64. The number of ether oxygens (including phenoxy) is 2. The topological polar surface area (TPSA) is 60.5 Å². The maximum atomic E-state index is 12.8. The molecule has 0 atom stereocenters. The Morgan fingerprint density at radius 2 is 1.72 bits per heavy atom. The van der Waals surface area contributed by atoms with Crippen molar-refractivity contribution in [3.05, 3.63) is 84.4 Å². The first-order valence-corrected chi connectivity index (χ1v) is 10.9. The van der Waals surface area contributed by atoms with Crippen LogP contribution in [0.3, 0.4) is 0 Å². The Hall–Kier alpha value is -3.90. The summed E-state index contributed by atoms with van der Waals surface area (Å²) in [7, 11) is 3.27. The molecule has 0 aliphatic rings. The van der Waals surface area contributed by atoms with Gasteiger partial charge < -0.3 is 9.47 Å². The van der Waals surface area contributed by atoms with Gasteiger partial charge >= 0.3 is 0 Å². The van der Waals surface area contributed by atoms with Crippen LogP contribution in [0.15, 0.2) is 78.9 Å². The fraction of sp³-hybridized carbons (Fsp3) is 0.0769. The third-order valence-corrected chi connectivity index (χ3v) is 6.27. The number of amides is 1. The van der Waals surface area contributed by atoms with E-state index in [1.165, 1.54) is 11.3 Å². The smallest absolute Gasteiger partial charge is 0.257 e. The molecule has 1 aromatic heterocycles. The number of nitrogens with zero attached hydrogens (tertiary/aromatic N) is 1. The van der Waals surface area contributed by atoms with Crippen LogP contribution in [0.5, 0.6) is 11.5 Å². The maximum absolute atomic E-state index is 12.8. The van der Waals surface area contributed by atoms with Crippen molar-refractivity contribution in [3.63, 3.8) is 0 Å². The average Bonchev–Trinajstić information content (AvgIpc) is 3.24. The van der Waals surface area contributed by atoms with Crippen LogP contribution in [-0.4, -0.2) is 25.1 Å². The second-order valence-corrected chi connectivity index (χ2v) is 8.31. The first kappa shape index (κ1) is 20.0. The van der Waals surface area contributed by atoms with E-state index in [4.69, 9.17) is 9.47 Å². The van der Waals surface area contributed by atoms with E-state index in [0.29, 0.717) is 10.7 Å². The van der Waals surface area contributed by atoms with Gasteiger partial charge in [0.15, 0.2) is 5.13 Å². The molecule has 0 saturated heterocycles. The number of fused-ring (bicyclic) bond motifs is 2. The highest BCUT2D eigenvalue weighted by molar-refractivity contribution is 7.22. The summed E-state index contributed by atoms with van der Waals surface area (Å²) in [4.78, 5) is 17.4. The molecular formula is C26H20N2O3S. The molecule has 4 aromatic carbocycles. The Morgan fingerprint density at radius 1 is 0.875 bits per heavy atom. The van der Waals surface area contributed by atoms with E-state index in [0.717, 1.165) is 43.6 Å². The Kier molecular flexibility index (Phi) is 5.21. The summed E-state index contributed by atoms with van der Waals surface area (Å²) in [5.74, 6) is 1.30. The standard InChI is InChI=1S/C26H20N2O3S/c1-30-20-10-11-21(23(15-20)31-2)18-9-12-22-24(14-18)32-26(27-22)28-25(29)19-8-7-16-5-3-4-6-17(16)13-19/h3-15H,1-2H3,(H,27,28,29). The van der Waals surface area contributed by atoms with Crippen LogP contribution in [0.1, 0.15) is 10.4 Å². The lowest BCUT2D eigenvalue weighted by molar-refractivity contribution is 0.102. The summed E-state index contributed by atoms with van der Waals surface area (Å²) >= 11 is 1.45. The molecule has 5 rings (SSSR count). The number of anilines is 1. The van der Waals surface area contributed by atoms with E-state index in [9.17, 15) is 4.79 Å². The van der Waals surface area contributed by atoms with Crippen molar-refractivity contribution in [2.75, 3.05) is 19.5 Å². The Labute approximate surface area is 189 Å². The number of rotatable bonds is 5. The molecule has 158 valence electrons. The zero-order valence-electron chi connectivity index (χ0n) is 17.6. The van der Waals surface area contributed by atoms with Crippen LogP contribution in [-0.2, 0) is 0 Å². The van der Waals surface area contributed by atoms with E-state index in [1.54, 1.807) is 14.2 Å². The van der Waals surface area contributed by atoms with Crippen molar-refractivity contribution in [2.45, 2.75) is 0 Å². The molecule has 1 amide bonds. The lowest BCUT2D eigenvalue weighted by Crippen LogP contribution is -2.11. The number of carbonyl (C=O) groups is 1. The SMILES string of the molecule is COc1ccc(-c2ccc3nc(NC(=O)c4ccc5ccccc5c4)sc3c2)c(OC)c1. The zero-order valence-corrected chi connectivity index (χ0v) is 18.4. The number of aromatic nitrogens is 1. The molecule has 1 N–H and O–H groups in total. The van der Waals surface area contributed by atoms with Gasteiger partial charge in [0.25, 0.3) is 5.91 Å². The van der Waals surface area contributed by atoms with Gasteiger partial charge in [-0.2, -0.15) is 0 Å². The van der Waals surface area contributed by atoms with Gasteiger partial charge in [0.05, 0.1) is 24.4 Å². The Morgan fingerprint density at radius 3 is 2.53 bits per heavy atom. The minimum Gasteiger partial charge on any atom is -0.497 e. The highest BCUT2D eigenvalue weighted by atomic mass is 32.1. The number of hydrogen-bond donors (Lipinski definition) is 1. The van der Waals surface area contributed by atoms with Gasteiger partial charge in [0.1, 0.15) is 11.5 Å². The summed E-state index contributed by atoms with van der Waals surface area (Å²) in [5.41, 5.74) is 3.41. The van der Waals surface area contributed by atoms with Crippen LogP contribution in [0, 0.1) is 0 Å². The molecule has 1 heterocycles. The van der Waals surface area contributed by atoms with Crippen molar-refractivity contribution >= 4 is 43.4 Å². The highest BCUT2D eigenvalue weighted by Crippen LogP contribution is 2.36. The first-order chi connectivity index (χ1) is 15.6. The fourth-order valence-electron chi connectivity index (χ4n) is 3.68. The zero-order chi connectivity index (χ0) is 22.1. The number of hydrogen-bond acceptors (Lipinski definition) is 5. The van der Waals surface area contributed by atoms with Crippen molar-refractivity contribution < 1.29 is 14.3 Å². The number of benzene rings is 4. The van der Waals surface area contributed by atoms with E-state index < -0.39 is 0 Å². The van der Waals surface area contributed by atoms with Crippen molar-refractivity contribution in [3.8, 4) is 22.6 Å². The normalized spacial score (nSPS) is 10.9. The minimum atomic E-state index is -0.174. The minimum absolute atomic E-state index is 0.174. The molecule has 5 aromatic rings. The predicted octanol–water partition coefficient (Wildman–Crippen LogP) is 6.39. The molecule has 0 bridgehead atoms. The van der Waals surface area contributed by atoms with Gasteiger partial charge in [-0.05, 0) is 52.7 Å². The molecule has 0 saturated carbocycles. The van der Waals surface area contributed by atoms with Crippen molar-refractivity contribution in [1.29, 1.82) is 0 Å². The first-order valence-electron chi connectivity index (χ1n) is 10.1. The van der Waals surface area contributed by atoms with Gasteiger partial charge in [-0.15, -0.1) is 0 Å². The van der Waals surface area contributed by atoms with Crippen LogP contribution in [0.2, 0.25) is 0 Å². The number of carbonyl (C=O) groups excluding carboxylic acids is 1. The van der Waals surface area contributed by atoms with Crippen LogP contribution >= 0.6 is 11.3 Å². The summed E-state index contributed by atoms with van der Waals surface area (Å²) in [6, 6.07) is 25.4. The van der Waals surface area contributed by atoms with Gasteiger partial charge in [0.2, 0.25) is 0 Å². The van der Waals surface area contributed by atoms with Crippen LogP contribution < -0.4 is 14.8 Å². The molecule has 32 heavy (non-hydrogen) atoms. The Balaban J connectivity index is 1.43. The molecule has 0 aliphatic heterocycles. The van der Waals surface area contributed by atoms with E-state index in [-0.39, 0.29) is 5.91 Å². The molecule has 0 unspecified atom stereocenters. The maximum Gasteiger partial charge on any atom is 0.257 e. The summed E-state index contributed by atoms with van der Waals surface area (Å²) in [6.07, 6.45) is 0. The number of thiazole rings is 1. The van der Waals surface area contributed by atoms with Crippen molar-refractivity contribution in [2.24, 2.45) is 0 Å². The lowest BCUT2D eigenvalue weighted by Gasteiger charge is -2.10. The summed E-state index contributed by atoms with van der Waals surface area (Å²) < 4.78 is 11.8. The van der Waals surface area contributed by atoms with Crippen LogP contribution in [0.25, 0.3) is 32.1 Å². The number of methoxy groups -OCH3 is 2. The average molecular weight is 441 g/mol. The second kappa shape index (κ2) is 8.32. The van der Waals surface area contributed by atoms with E-state index in [1.807, 2.05) is 72.8 Å². The van der Waals surface area contributed by atoms with Gasteiger partial charge in [-0.3, -0.25) is 10.1 Å². The van der Waals surface area contributed by atoms with E-state index in [2.05, 4.69) is 16.4 Å². The van der Waals surface area contributed by atoms with Crippen LogP contribution in [0.4, 0.5) is 5.13 Å². The third kappa shape index (κ3) is 3.76. The molecule has 6 heteroatoms. The third-order valence-electron chi connectivity index (χ3n) is 5.34. The molecular weight excluding hydrogens is 420 g/mol. The molecule has 0 radical (unpaired) electrons. The fourth-order valence-corrected chi connectivity index (χ4v) is 4.58. The molecule has 0 spiro atoms. The molecule has 0 aliphatic carbocycles. The van der Waals surface area contributed by atoms with Gasteiger partial charge in [-0.25, -0.2) is 4.98 Å². The van der Waals surface area contributed by atoms with Crippen molar-refractivity contribution in [1.82, 2.24) is 4.98 Å². The monoisotopic (exact) mass is 440 g/mol. The Bertz CT molecular complexity index is 1460. The quantitative estimate of drug-likeness (QED) is 0.344. The summed E-state index contributed by atoms with van der Waals surface area (Å²) in [6.45, 7) is 0. The second-order valence-electron chi connectivity index (χ2n) is 7.28. The van der Waals surface area contributed by atoms with Gasteiger partial charge in [0, 0.05) is 17.2 Å². The molecule has 0 fully saturated rings. The molecule has 5 nitrogen and oxygen atoms in total. The largest absolute Gasteiger partial charge is 0.497 e.